The second kappa shape index (κ2) is 6.53. The van der Waals surface area contributed by atoms with Gasteiger partial charge in [-0.15, -0.1) is 0 Å². The topological polar surface area (TPSA) is 35.6 Å². The molecule has 1 N–H and O–H groups in total. The molecular weight excluding hydrogens is 226 g/mol. The maximum atomic E-state index is 11.9. The minimum atomic E-state index is 0.262. The molecule has 2 saturated heterocycles. The number of likely N-dealkylation sites (tertiary alicyclic amines) is 1. The van der Waals surface area contributed by atoms with Gasteiger partial charge in [-0.25, -0.2) is 0 Å². The molecule has 2 aliphatic rings. The molecule has 0 aliphatic carbocycles. The average Bonchev–Trinajstić information content (AvgIpc) is 2.92. The van der Waals surface area contributed by atoms with E-state index in [1.807, 2.05) is 18.9 Å². The quantitative estimate of drug-likeness (QED) is 0.809. The van der Waals surface area contributed by atoms with E-state index in [1.54, 1.807) is 0 Å². The maximum absolute atomic E-state index is 11.9. The zero-order valence-corrected chi connectivity index (χ0v) is 11.8. The van der Waals surface area contributed by atoms with E-state index in [2.05, 4.69) is 10.2 Å². The molecule has 0 radical (unpaired) electrons. The molecule has 2 aliphatic heterocycles. The van der Waals surface area contributed by atoms with Crippen LogP contribution >= 0.6 is 0 Å². The first-order valence-corrected chi connectivity index (χ1v) is 7.40. The Balaban J connectivity index is 1.81. The highest BCUT2D eigenvalue weighted by atomic mass is 16.2. The van der Waals surface area contributed by atoms with Gasteiger partial charge in [0, 0.05) is 26.2 Å². The summed E-state index contributed by atoms with van der Waals surface area (Å²) in [5.41, 5.74) is 0. The molecule has 4 heteroatoms. The highest BCUT2D eigenvalue weighted by Gasteiger charge is 2.29. The van der Waals surface area contributed by atoms with Crippen molar-refractivity contribution in [3.8, 4) is 0 Å². The maximum Gasteiger partial charge on any atom is 0.236 e. The van der Waals surface area contributed by atoms with Crippen LogP contribution in [0.1, 0.15) is 32.6 Å². The Bertz CT molecular complexity index is 276. The lowest BCUT2D eigenvalue weighted by atomic mass is 9.90. The molecular formula is C14H27N3O. The third kappa shape index (κ3) is 3.45. The van der Waals surface area contributed by atoms with Gasteiger partial charge in [-0.2, -0.15) is 0 Å². The second-order valence-corrected chi connectivity index (χ2v) is 5.75. The molecule has 2 heterocycles. The first-order chi connectivity index (χ1) is 8.70. The van der Waals surface area contributed by atoms with Gasteiger partial charge in [-0.1, -0.05) is 0 Å². The zero-order valence-electron chi connectivity index (χ0n) is 11.8. The summed E-state index contributed by atoms with van der Waals surface area (Å²) in [7, 11) is 1.89. The summed E-state index contributed by atoms with van der Waals surface area (Å²) < 4.78 is 0. The molecule has 0 bridgehead atoms. The van der Waals surface area contributed by atoms with Gasteiger partial charge in [0.25, 0.3) is 0 Å². The average molecular weight is 253 g/mol. The number of carbonyl (C=O) groups is 1. The van der Waals surface area contributed by atoms with E-state index in [4.69, 9.17) is 0 Å². The van der Waals surface area contributed by atoms with Crippen molar-refractivity contribution in [3.05, 3.63) is 0 Å². The first-order valence-electron chi connectivity index (χ1n) is 7.40. The van der Waals surface area contributed by atoms with Gasteiger partial charge < -0.3 is 10.2 Å². The van der Waals surface area contributed by atoms with Crippen LogP contribution in [0.5, 0.6) is 0 Å². The van der Waals surface area contributed by atoms with Crippen molar-refractivity contribution >= 4 is 5.91 Å². The van der Waals surface area contributed by atoms with Gasteiger partial charge in [0.15, 0.2) is 0 Å². The second-order valence-electron chi connectivity index (χ2n) is 5.75. The number of nitrogens with zero attached hydrogens (tertiary/aromatic N) is 2. The monoisotopic (exact) mass is 253 g/mol. The van der Waals surface area contributed by atoms with Crippen LogP contribution in [0.15, 0.2) is 0 Å². The van der Waals surface area contributed by atoms with Crippen molar-refractivity contribution in [1.29, 1.82) is 0 Å². The van der Waals surface area contributed by atoms with Gasteiger partial charge >= 0.3 is 0 Å². The van der Waals surface area contributed by atoms with Crippen LogP contribution in [0, 0.1) is 5.92 Å². The lowest BCUT2D eigenvalue weighted by Crippen LogP contribution is -2.47. The Hall–Kier alpha value is -0.610. The van der Waals surface area contributed by atoms with Gasteiger partial charge in [-0.05, 0) is 51.6 Å². The van der Waals surface area contributed by atoms with Crippen molar-refractivity contribution in [2.45, 2.75) is 38.6 Å². The highest BCUT2D eigenvalue weighted by molar-refractivity contribution is 5.77. The van der Waals surface area contributed by atoms with Crippen LogP contribution < -0.4 is 5.32 Å². The summed E-state index contributed by atoms with van der Waals surface area (Å²) in [5.74, 6) is 1.01. The summed E-state index contributed by atoms with van der Waals surface area (Å²) in [5, 5.41) is 3.61. The molecule has 0 aromatic heterocycles. The van der Waals surface area contributed by atoms with Crippen LogP contribution in [-0.2, 0) is 4.79 Å². The lowest BCUT2D eigenvalue weighted by Gasteiger charge is -2.36. The molecule has 18 heavy (non-hydrogen) atoms. The molecule has 0 saturated carbocycles. The summed E-state index contributed by atoms with van der Waals surface area (Å²) in [6, 6.07) is 0.701. The van der Waals surface area contributed by atoms with Gasteiger partial charge in [0.2, 0.25) is 5.91 Å². The highest BCUT2D eigenvalue weighted by Crippen LogP contribution is 2.24. The summed E-state index contributed by atoms with van der Waals surface area (Å²) in [4.78, 5) is 16.1. The van der Waals surface area contributed by atoms with E-state index in [9.17, 15) is 4.79 Å². The van der Waals surface area contributed by atoms with Crippen LogP contribution in [0.2, 0.25) is 0 Å². The summed E-state index contributed by atoms with van der Waals surface area (Å²) >= 11 is 0. The van der Waals surface area contributed by atoms with Crippen LogP contribution in [0.25, 0.3) is 0 Å². The fourth-order valence-corrected chi connectivity index (χ4v) is 3.17. The number of rotatable bonds is 4. The standard InChI is InChI=1S/C14H27N3O/c1-3-16(2)14(18)11-17-9-5-6-12(10-17)13-7-4-8-15-13/h12-13,15H,3-11H2,1-2H3. The Morgan fingerprint density at radius 2 is 2.22 bits per heavy atom. The number of piperidine rings is 1. The van der Waals surface area contributed by atoms with Crippen LogP contribution in [0.4, 0.5) is 0 Å². The number of hydrogen-bond acceptors (Lipinski definition) is 3. The normalized spacial score (nSPS) is 29.4. The van der Waals surface area contributed by atoms with E-state index in [-0.39, 0.29) is 5.91 Å². The van der Waals surface area contributed by atoms with Gasteiger partial charge in [0.1, 0.15) is 0 Å². The van der Waals surface area contributed by atoms with Crippen LogP contribution in [-0.4, -0.2) is 61.5 Å². The molecule has 0 spiro atoms. The molecule has 4 nitrogen and oxygen atoms in total. The Labute approximate surface area is 111 Å². The Morgan fingerprint density at radius 1 is 1.39 bits per heavy atom. The summed E-state index contributed by atoms with van der Waals surface area (Å²) in [6.45, 7) is 6.80. The zero-order chi connectivity index (χ0) is 13.0. The molecule has 2 unspecified atom stereocenters. The third-order valence-corrected chi connectivity index (χ3v) is 4.47. The number of hydrogen-bond donors (Lipinski definition) is 1. The minimum absolute atomic E-state index is 0.262. The van der Waals surface area contributed by atoms with Gasteiger partial charge in [0.05, 0.1) is 6.54 Å². The fraction of sp³-hybridized carbons (Fsp3) is 0.929. The largest absolute Gasteiger partial charge is 0.345 e. The van der Waals surface area contributed by atoms with Crippen LogP contribution in [0.3, 0.4) is 0 Å². The molecule has 2 atom stereocenters. The number of amides is 1. The molecule has 2 fully saturated rings. The van der Waals surface area contributed by atoms with Crippen molar-refractivity contribution in [2.75, 3.05) is 39.8 Å². The van der Waals surface area contributed by atoms with E-state index >= 15 is 0 Å². The van der Waals surface area contributed by atoms with Crippen molar-refractivity contribution < 1.29 is 4.79 Å². The van der Waals surface area contributed by atoms with Crippen molar-refractivity contribution in [1.82, 2.24) is 15.1 Å². The predicted octanol–water partition coefficient (Wildman–Crippen LogP) is 0.929. The van der Waals surface area contributed by atoms with E-state index in [0.29, 0.717) is 12.6 Å². The van der Waals surface area contributed by atoms with E-state index in [1.165, 1.54) is 32.2 Å². The van der Waals surface area contributed by atoms with Gasteiger partial charge in [-0.3, -0.25) is 9.69 Å². The van der Waals surface area contributed by atoms with Crippen molar-refractivity contribution in [3.63, 3.8) is 0 Å². The molecule has 104 valence electrons. The SMILES string of the molecule is CCN(C)C(=O)CN1CCCC(C2CCCN2)C1. The Morgan fingerprint density at radius 3 is 2.89 bits per heavy atom. The predicted molar refractivity (Wildman–Crippen MR) is 73.5 cm³/mol. The molecule has 0 aromatic carbocycles. The van der Waals surface area contributed by atoms with Crippen molar-refractivity contribution in [2.24, 2.45) is 5.92 Å². The number of likely N-dealkylation sites (N-methyl/N-ethyl adjacent to an activating group) is 1. The number of nitrogens with one attached hydrogen (secondary N) is 1. The molecule has 2 rings (SSSR count). The van der Waals surface area contributed by atoms with E-state index in [0.717, 1.165) is 25.6 Å². The molecule has 0 aromatic rings. The Kier molecular flexibility index (Phi) is 5.01. The first kappa shape index (κ1) is 13.8. The lowest BCUT2D eigenvalue weighted by molar-refractivity contribution is -0.131. The number of carbonyl (C=O) groups excluding carboxylic acids is 1. The van der Waals surface area contributed by atoms with E-state index < -0.39 is 0 Å². The minimum Gasteiger partial charge on any atom is -0.345 e. The fourth-order valence-electron chi connectivity index (χ4n) is 3.17. The molecule has 1 amide bonds. The third-order valence-electron chi connectivity index (χ3n) is 4.47. The smallest absolute Gasteiger partial charge is 0.236 e. The summed E-state index contributed by atoms with van der Waals surface area (Å²) in [6.07, 6.45) is 5.21.